The highest BCUT2D eigenvalue weighted by molar-refractivity contribution is 6.04. The third-order valence-electron chi connectivity index (χ3n) is 4.99. The van der Waals surface area contributed by atoms with E-state index in [9.17, 15) is 4.79 Å². The third kappa shape index (κ3) is 3.62. The van der Waals surface area contributed by atoms with Crippen LogP contribution in [0.4, 0.5) is 11.4 Å². The second kappa shape index (κ2) is 7.44. The molecule has 0 spiro atoms. The Labute approximate surface area is 154 Å². The molecule has 0 saturated carbocycles. The van der Waals surface area contributed by atoms with Crippen LogP contribution >= 0.6 is 0 Å². The predicted molar refractivity (Wildman–Crippen MR) is 107 cm³/mol. The molecule has 1 N–H and O–H groups in total. The molecule has 4 rings (SSSR count). The first kappa shape index (κ1) is 16.4. The van der Waals surface area contributed by atoms with Crippen LogP contribution in [-0.2, 0) is 0 Å². The van der Waals surface area contributed by atoms with E-state index in [0.717, 1.165) is 18.8 Å². The van der Waals surface area contributed by atoms with Gasteiger partial charge in [-0.15, -0.1) is 0 Å². The van der Waals surface area contributed by atoms with E-state index in [1.807, 2.05) is 42.5 Å². The molecule has 0 bridgehead atoms. The van der Waals surface area contributed by atoms with Crippen molar-refractivity contribution in [3.05, 3.63) is 96.1 Å². The molecule has 3 heteroatoms. The number of benzene rings is 3. The Morgan fingerprint density at radius 3 is 2.19 bits per heavy atom. The van der Waals surface area contributed by atoms with Gasteiger partial charge in [-0.05, 0) is 48.4 Å². The van der Waals surface area contributed by atoms with Crippen molar-refractivity contribution in [1.29, 1.82) is 0 Å². The highest BCUT2D eigenvalue weighted by Crippen LogP contribution is 2.31. The van der Waals surface area contributed by atoms with Crippen molar-refractivity contribution in [1.82, 2.24) is 0 Å². The summed E-state index contributed by atoms with van der Waals surface area (Å²) in [7, 11) is 0. The second-order valence-corrected chi connectivity index (χ2v) is 6.71. The molecule has 1 aliphatic rings. The number of hydrogen-bond acceptors (Lipinski definition) is 2. The molecule has 26 heavy (non-hydrogen) atoms. The first-order chi connectivity index (χ1) is 12.8. The second-order valence-electron chi connectivity index (χ2n) is 6.71. The summed E-state index contributed by atoms with van der Waals surface area (Å²) in [5, 5.41) is 2.95. The molecular formula is C23H22N2O. The molecule has 3 aromatic carbocycles. The van der Waals surface area contributed by atoms with Crippen LogP contribution in [0.5, 0.6) is 0 Å². The smallest absolute Gasteiger partial charge is 0.255 e. The summed E-state index contributed by atoms with van der Waals surface area (Å²) in [6.45, 7) is 2.11. The van der Waals surface area contributed by atoms with Gasteiger partial charge in [-0.1, -0.05) is 48.5 Å². The van der Waals surface area contributed by atoms with Crippen LogP contribution in [0.3, 0.4) is 0 Å². The Hall–Kier alpha value is -3.07. The normalized spacial score (nSPS) is 16.5. The van der Waals surface area contributed by atoms with Gasteiger partial charge in [-0.2, -0.15) is 0 Å². The molecule has 1 heterocycles. The largest absolute Gasteiger partial charge is 0.371 e. The van der Waals surface area contributed by atoms with E-state index in [0.29, 0.717) is 11.5 Å². The number of carbonyl (C=O) groups excluding carboxylic acids is 1. The molecule has 3 nitrogen and oxygen atoms in total. The van der Waals surface area contributed by atoms with Crippen molar-refractivity contribution in [2.45, 2.75) is 12.3 Å². The number of nitrogens with one attached hydrogen (secondary N) is 1. The van der Waals surface area contributed by atoms with Crippen molar-refractivity contribution in [2.75, 3.05) is 23.3 Å². The Morgan fingerprint density at radius 1 is 0.846 bits per heavy atom. The number of carbonyl (C=O) groups is 1. The molecule has 1 fully saturated rings. The highest BCUT2D eigenvalue weighted by atomic mass is 16.1. The van der Waals surface area contributed by atoms with Gasteiger partial charge in [0.05, 0.1) is 0 Å². The fourth-order valence-electron chi connectivity index (χ4n) is 3.54. The Bertz CT molecular complexity index is 860. The first-order valence-corrected chi connectivity index (χ1v) is 9.06. The molecule has 1 atom stereocenters. The van der Waals surface area contributed by atoms with E-state index in [2.05, 4.69) is 52.7 Å². The minimum Gasteiger partial charge on any atom is -0.371 e. The Kier molecular flexibility index (Phi) is 4.69. The van der Waals surface area contributed by atoms with Gasteiger partial charge in [-0.25, -0.2) is 0 Å². The lowest BCUT2D eigenvalue weighted by atomic mass is 9.99. The van der Waals surface area contributed by atoms with Crippen LogP contribution in [-0.4, -0.2) is 19.0 Å². The van der Waals surface area contributed by atoms with Crippen LogP contribution < -0.4 is 10.2 Å². The van der Waals surface area contributed by atoms with E-state index in [4.69, 9.17) is 0 Å². The monoisotopic (exact) mass is 342 g/mol. The molecule has 0 aliphatic carbocycles. The Balaban J connectivity index is 1.40. The van der Waals surface area contributed by atoms with Gasteiger partial charge in [0.2, 0.25) is 0 Å². The van der Waals surface area contributed by atoms with Gasteiger partial charge in [0.15, 0.2) is 0 Å². The van der Waals surface area contributed by atoms with Crippen molar-refractivity contribution < 1.29 is 4.79 Å². The summed E-state index contributed by atoms with van der Waals surface area (Å²) in [6, 6.07) is 28.2. The fraction of sp³-hybridized carbons (Fsp3) is 0.174. The summed E-state index contributed by atoms with van der Waals surface area (Å²) in [5.74, 6) is 0.511. The van der Waals surface area contributed by atoms with Crippen LogP contribution in [0.25, 0.3) is 0 Å². The quantitative estimate of drug-likeness (QED) is 0.729. The molecule has 1 saturated heterocycles. The average molecular weight is 342 g/mol. The minimum atomic E-state index is -0.0799. The van der Waals surface area contributed by atoms with Crippen LogP contribution in [0.15, 0.2) is 84.9 Å². The summed E-state index contributed by atoms with van der Waals surface area (Å²) in [6.07, 6.45) is 1.18. The lowest BCUT2D eigenvalue weighted by Gasteiger charge is -2.19. The molecule has 3 aromatic rings. The number of anilines is 2. The summed E-state index contributed by atoms with van der Waals surface area (Å²) in [5.41, 5.74) is 4.12. The summed E-state index contributed by atoms with van der Waals surface area (Å²) >= 11 is 0. The van der Waals surface area contributed by atoms with Crippen LogP contribution in [0.1, 0.15) is 28.3 Å². The maximum atomic E-state index is 12.2. The zero-order valence-corrected chi connectivity index (χ0v) is 14.6. The molecule has 1 aliphatic heterocycles. The molecule has 1 unspecified atom stereocenters. The third-order valence-corrected chi connectivity index (χ3v) is 4.99. The van der Waals surface area contributed by atoms with E-state index in [1.54, 1.807) is 0 Å². The molecule has 1 amide bonds. The molecular weight excluding hydrogens is 320 g/mol. The lowest BCUT2D eigenvalue weighted by molar-refractivity contribution is 0.102. The van der Waals surface area contributed by atoms with Gasteiger partial charge < -0.3 is 10.2 Å². The van der Waals surface area contributed by atoms with Crippen molar-refractivity contribution >= 4 is 17.3 Å². The van der Waals surface area contributed by atoms with E-state index >= 15 is 0 Å². The van der Waals surface area contributed by atoms with Crippen LogP contribution in [0, 0.1) is 0 Å². The van der Waals surface area contributed by atoms with E-state index < -0.39 is 0 Å². The zero-order chi connectivity index (χ0) is 17.8. The van der Waals surface area contributed by atoms with Crippen molar-refractivity contribution in [3.63, 3.8) is 0 Å². The van der Waals surface area contributed by atoms with Gasteiger partial charge in [-0.3, -0.25) is 4.79 Å². The lowest BCUT2D eigenvalue weighted by Crippen LogP contribution is -2.19. The molecule has 0 radical (unpaired) electrons. The highest BCUT2D eigenvalue weighted by Gasteiger charge is 2.23. The van der Waals surface area contributed by atoms with Crippen molar-refractivity contribution in [2.24, 2.45) is 0 Å². The first-order valence-electron chi connectivity index (χ1n) is 9.06. The topological polar surface area (TPSA) is 32.3 Å². The SMILES string of the molecule is O=C(Nc1ccc(N2CCC(c3ccccc3)C2)cc1)c1ccccc1. The van der Waals surface area contributed by atoms with Gasteiger partial charge in [0.25, 0.3) is 5.91 Å². The standard InChI is InChI=1S/C23H22N2O/c26-23(19-9-5-2-6-10-19)24-21-11-13-22(14-12-21)25-16-15-20(17-25)18-7-3-1-4-8-18/h1-14,20H,15-17H2,(H,24,26). The van der Waals surface area contributed by atoms with Gasteiger partial charge >= 0.3 is 0 Å². The average Bonchev–Trinajstić information content (AvgIpc) is 3.20. The number of amides is 1. The van der Waals surface area contributed by atoms with Crippen LogP contribution in [0.2, 0.25) is 0 Å². The molecule has 0 aromatic heterocycles. The van der Waals surface area contributed by atoms with Gasteiger partial charge in [0, 0.05) is 35.9 Å². The maximum Gasteiger partial charge on any atom is 0.255 e. The van der Waals surface area contributed by atoms with Gasteiger partial charge in [0.1, 0.15) is 0 Å². The maximum absolute atomic E-state index is 12.2. The predicted octanol–water partition coefficient (Wildman–Crippen LogP) is 4.93. The summed E-state index contributed by atoms with van der Waals surface area (Å²) in [4.78, 5) is 14.7. The number of hydrogen-bond donors (Lipinski definition) is 1. The minimum absolute atomic E-state index is 0.0799. The van der Waals surface area contributed by atoms with E-state index in [-0.39, 0.29) is 5.91 Å². The summed E-state index contributed by atoms with van der Waals surface area (Å²) < 4.78 is 0. The van der Waals surface area contributed by atoms with E-state index in [1.165, 1.54) is 17.7 Å². The zero-order valence-electron chi connectivity index (χ0n) is 14.6. The van der Waals surface area contributed by atoms with Crippen molar-refractivity contribution in [3.8, 4) is 0 Å². The number of nitrogens with zero attached hydrogens (tertiary/aromatic N) is 1. The number of rotatable bonds is 4. The Morgan fingerprint density at radius 2 is 1.50 bits per heavy atom. The molecule has 130 valence electrons. The fourth-order valence-corrected chi connectivity index (χ4v) is 3.54.